The van der Waals surface area contributed by atoms with Gasteiger partial charge in [0, 0.05) is 24.4 Å². The highest BCUT2D eigenvalue weighted by molar-refractivity contribution is 5.60. The predicted molar refractivity (Wildman–Crippen MR) is 135 cm³/mol. The first-order valence-electron chi connectivity index (χ1n) is 12.3. The van der Waals surface area contributed by atoms with Crippen molar-refractivity contribution < 1.29 is 28.5 Å². The molecule has 0 spiro atoms. The minimum absolute atomic E-state index is 0.0100. The normalized spacial score (nSPS) is 27.0. The second-order valence-electron chi connectivity index (χ2n) is 9.90. The third-order valence-corrected chi connectivity index (χ3v) is 7.75. The van der Waals surface area contributed by atoms with Crippen molar-refractivity contribution in [2.75, 3.05) is 27.2 Å². The van der Waals surface area contributed by atoms with Gasteiger partial charge in [0.25, 0.3) is 6.43 Å². The first-order chi connectivity index (χ1) is 18.7. The highest BCUT2D eigenvalue weighted by atomic mass is 19.3. The van der Waals surface area contributed by atoms with E-state index in [2.05, 4.69) is 11.1 Å². The summed E-state index contributed by atoms with van der Waals surface area (Å²) in [6, 6.07) is 21.0. The van der Waals surface area contributed by atoms with Crippen LogP contribution in [0.4, 0.5) is 8.78 Å². The predicted octanol–water partition coefficient (Wildman–Crippen LogP) is 3.28. The van der Waals surface area contributed by atoms with Gasteiger partial charge in [-0.15, -0.1) is 0 Å². The minimum Gasteiger partial charge on any atom is -0.481 e. The second-order valence-corrected chi connectivity index (χ2v) is 9.90. The standard InChI is InChI=1S/C29H26F2N4O4/c1-35(16-23(30)31)15-21-24(18-6-4-3-5-7-18)29(19-10-8-17(13-32)9-11-19)28(37,26(21)36)25-22(39-29)12-20(14-33)34-27(25)38-2/h3-12,21,23-24,26,36-37H,15-16H2,1-2H3/t21-,24-,26-,28+,29+/m1/s1. The molecule has 1 fully saturated rings. The number of fused-ring (bicyclic) bond motifs is 3. The molecule has 5 rings (SSSR count). The molecule has 5 atom stereocenters. The summed E-state index contributed by atoms with van der Waals surface area (Å²) in [5, 5.41) is 43.7. The van der Waals surface area contributed by atoms with Crippen molar-refractivity contribution in [1.29, 1.82) is 10.5 Å². The number of aromatic nitrogens is 1. The fourth-order valence-corrected chi connectivity index (χ4v) is 6.30. The number of nitrogens with zero attached hydrogens (tertiary/aromatic N) is 4. The average Bonchev–Trinajstić information content (AvgIpc) is 3.30. The van der Waals surface area contributed by atoms with Gasteiger partial charge in [0.1, 0.15) is 17.5 Å². The number of halogens is 2. The van der Waals surface area contributed by atoms with Crippen LogP contribution in [0.2, 0.25) is 0 Å². The summed E-state index contributed by atoms with van der Waals surface area (Å²) in [5.41, 5.74) is -2.27. The van der Waals surface area contributed by atoms with Crippen molar-refractivity contribution in [3.05, 3.63) is 88.6 Å². The molecule has 1 aromatic heterocycles. The number of nitriles is 2. The molecule has 2 heterocycles. The third kappa shape index (κ3) is 3.92. The molecule has 10 heteroatoms. The van der Waals surface area contributed by atoms with Crippen LogP contribution in [0, 0.1) is 28.6 Å². The van der Waals surface area contributed by atoms with Crippen LogP contribution in [0.5, 0.6) is 11.6 Å². The Hall–Kier alpha value is -4.09. The van der Waals surface area contributed by atoms with Crippen LogP contribution in [0.25, 0.3) is 0 Å². The van der Waals surface area contributed by atoms with Gasteiger partial charge in [0.05, 0.1) is 37.0 Å². The number of rotatable bonds is 7. The van der Waals surface area contributed by atoms with Crippen molar-refractivity contribution in [3.8, 4) is 23.8 Å². The first-order valence-corrected chi connectivity index (χ1v) is 12.3. The van der Waals surface area contributed by atoms with Gasteiger partial charge < -0.3 is 24.6 Å². The Bertz CT molecular complexity index is 1460. The van der Waals surface area contributed by atoms with E-state index in [1.54, 1.807) is 24.3 Å². The molecule has 8 nitrogen and oxygen atoms in total. The molecular formula is C29H26F2N4O4. The number of alkyl halides is 2. The van der Waals surface area contributed by atoms with Gasteiger partial charge >= 0.3 is 0 Å². The van der Waals surface area contributed by atoms with E-state index in [-0.39, 0.29) is 29.4 Å². The van der Waals surface area contributed by atoms with Crippen LogP contribution in [0.3, 0.4) is 0 Å². The lowest BCUT2D eigenvalue weighted by Gasteiger charge is -2.41. The lowest BCUT2D eigenvalue weighted by atomic mass is 9.70. The second kappa shape index (κ2) is 9.90. The maximum Gasteiger partial charge on any atom is 0.251 e. The van der Waals surface area contributed by atoms with Gasteiger partial charge in [0.15, 0.2) is 11.2 Å². The smallest absolute Gasteiger partial charge is 0.251 e. The molecule has 3 aromatic rings. The quantitative estimate of drug-likeness (QED) is 0.476. The summed E-state index contributed by atoms with van der Waals surface area (Å²) in [7, 11) is 2.86. The van der Waals surface area contributed by atoms with Crippen molar-refractivity contribution in [2.45, 2.75) is 29.6 Å². The largest absolute Gasteiger partial charge is 0.481 e. The number of benzene rings is 2. The van der Waals surface area contributed by atoms with Crippen LogP contribution in [-0.2, 0) is 11.2 Å². The molecule has 1 aliphatic heterocycles. The molecule has 0 unspecified atom stereocenters. The highest BCUT2D eigenvalue weighted by Gasteiger charge is 2.77. The molecule has 0 radical (unpaired) electrons. The lowest BCUT2D eigenvalue weighted by molar-refractivity contribution is -0.152. The summed E-state index contributed by atoms with van der Waals surface area (Å²) in [5.74, 6) is -1.51. The van der Waals surface area contributed by atoms with Crippen LogP contribution >= 0.6 is 0 Å². The Kier molecular flexibility index (Phi) is 6.73. The highest BCUT2D eigenvalue weighted by Crippen LogP contribution is 2.69. The van der Waals surface area contributed by atoms with Crippen molar-refractivity contribution in [2.24, 2.45) is 5.92 Å². The molecule has 0 amide bonds. The first kappa shape index (κ1) is 26.5. The van der Waals surface area contributed by atoms with Crippen molar-refractivity contribution >= 4 is 0 Å². The Morgan fingerprint density at radius 2 is 1.82 bits per heavy atom. The van der Waals surface area contributed by atoms with Crippen molar-refractivity contribution in [3.63, 3.8) is 0 Å². The van der Waals surface area contributed by atoms with Gasteiger partial charge in [-0.3, -0.25) is 0 Å². The van der Waals surface area contributed by atoms with E-state index in [1.807, 2.05) is 36.4 Å². The monoisotopic (exact) mass is 532 g/mol. The molecule has 2 aliphatic rings. The number of hydrogen-bond donors (Lipinski definition) is 2. The van der Waals surface area contributed by atoms with E-state index in [4.69, 9.17) is 9.47 Å². The van der Waals surface area contributed by atoms with Gasteiger partial charge in [-0.05, 0) is 30.3 Å². The Balaban J connectivity index is 1.82. The van der Waals surface area contributed by atoms with E-state index in [9.17, 15) is 29.5 Å². The molecule has 2 N–H and O–H groups in total. The molecule has 200 valence electrons. The Morgan fingerprint density at radius 3 is 2.41 bits per heavy atom. The van der Waals surface area contributed by atoms with Crippen LogP contribution in [0.15, 0.2) is 60.7 Å². The number of aliphatic hydroxyl groups excluding tert-OH is 1. The molecular weight excluding hydrogens is 506 g/mol. The maximum absolute atomic E-state index is 13.3. The van der Waals surface area contributed by atoms with E-state index in [1.165, 1.54) is 25.1 Å². The minimum atomic E-state index is -2.59. The molecule has 2 aromatic carbocycles. The maximum atomic E-state index is 13.3. The molecule has 0 saturated heterocycles. The summed E-state index contributed by atoms with van der Waals surface area (Å²) < 4.78 is 38.8. The van der Waals surface area contributed by atoms with E-state index >= 15 is 0 Å². The zero-order chi connectivity index (χ0) is 27.9. The van der Waals surface area contributed by atoms with Crippen LogP contribution in [0.1, 0.15) is 33.9 Å². The van der Waals surface area contributed by atoms with Gasteiger partial charge in [0.2, 0.25) is 5.88 Å². The van der Waals surface area contributed by atoms with Crippen LogP contribution in [-0.4, -0.2) is 59.9 Å². The molecule has 1 saturated carbocycles. The average molecular weight is 533 g/mol. The topological polar surface area (TPSA) is 123 Å². The molecule has 0 bridgehead atoms. The fraction of sp³-hybridized carbons (Fsp3) is 0.345. The molecule has 1 aliphatic carbocycles. The number of methoxy groups -OCH3 is 1. The number of aliphatic hydroxyl groups is 2. The SMILES string of the molecule is COc1nc(C#N)cc2c1[C@]1(O)[C@H](O)[C@H](CN(C)CC(F)F)[C@@H](c3ccccc3)[C@]1(c1ccc(C#N)cc1)O2. The number of hydrogen-bond acceptors (Lipinski definition) is 8. The summed E-state index contributed by atoms with van der Waals surface area (Å²) in [6.45, 7) is -0.517. The van der Waals surface area contributed by atoms with Gasteiger partial charge in [-0.1, -0.05) is 42.5 Å². The summed E-state index contributed by atoms with van der Waals surface area (Å²) in [6.07, 6.45) is -4.12. The summed E-state index contributed by atoms with van der Waals surface area (Å²) in [4.78, 5) is 5.63. The Morgan fingerprint density at radius 1 is 1.13 bits per heavy atom. The Labute approximate surface area is 224 Å². The zero-order valence-corrected chi connectivity index (χ0v) is 21.3. The molecule has 39 heavy (non-hydrogen) atoms. The van der Waals surface area contributed by atoms with Crippen LogP contribution < -0.4 is 9.47 Å². The van der Waals surface area contributed by atoms with E-state index in [0.717, 1.165) is 0 Å². The van der Waals surface area contributed by atoms with E-state index < -0.39 is 42.1 Å². The fourth-order valence-electron chi connectivity index (χ4n) is 6.30. The zero-order valence-electron chi connectivity index (χ0n) is 21.3. The van der Waals surface area contributed by atoms with Gasteiger partial charge in [-0.2, -0.15) is 10.5 Å². The number of pyridine rings is 1. The summed E-state index contributed by atoms with van der Waals surface area (Å²) >= 11 is 0. The van der Waals surface area contributed by atoms with E-state index in [0.29, 0.717) is 16.7 Å². The van der Waals surface area contributed by atoms with Crippen molar-refractivity contribution in [1.82, 2.24) is 9.88 Å². The number of ether oxygens (including phenoxy) is 2. The van der Waals surface area contributed by atoms with Gasteiger partial charge in [-0.25, -0.2) is 13.8 Å². The third-order valence-electron chi connectivity index (χ3n) is 7.75. The lowest BCUT2D eigenvalue weighted by Crippen LogP contribution is -2.52.